The van der Waals surface area contributed by atoms with Gasteiger partial charge in [0.15, 0.2) is 0 Å². The molecule has 0 amide bonds. The van der Waals surface area contributed by atoms with Crippen molar-refractivity contribution in [1.29, 1.82) is 5.26 Å². The summed E-state index contributed by atoms with van der Waals surface area (Å²) in [6, 6.07) is 2.51. The lowest BCUT2D eigenvalue weighted by Gasteiger charge is -2.31. The van der Waals surface area contributed by atoms with Gasteiger partial charge in [-0.05, 0) is 39.0 Å². The van der Waals surface area contributed by atoms with E-state index in [0.717, 1.165) is 43.0 Å². The summed E-state index contributed by atoms with van der Waals surface area (Å²) in [7, 11) is 0. The molecule has 0 N–H and O–H groups in total. The van der Waals surface area contributed by atoms with E-state index in [1.54, 1.807) is 6.20 Å². The molecule has 0 spiro atoms. The topological polar surface area (TPSA) is 71.2 Å². The molecule has 5 nitrogen and oxygen atoms in total. The van der Waals surface area contributed by atoms with E-state index in [1.165, 1.54) is 0 Å². The Bertz CT molecular complexity index is 665. The van der Waals surface area contributed by atoms with Gasteiger partial charge in [-0.1, -0.05) is 0 Å². The highest BCUT2D eigenvalue weighted by molar-refractivity contribution is 8.14. The minimum absolute atomic E-state index is 0.0824. The molecule has 2 aliphatic carbocycles. The zero-order chi connectivity index (χ0) is 15.1. The van der Waals surface area contributed by atoms with Gasteiger partial charge < -0.3 is 4.74 Å². The van der Waals surface area contributed by atoms with E-state index >= 15 is 0 Å². The third-order valence-electron chi connectivity index (χ3n) is 4.49. The number of thioether (sulfide) groups is 1. The first-order valence-corrected chi connectivity index (χ1v) is 8.77. The van der Waals surface area contributed by atoms with Crippen LogP contribution in [0.5, 0.6) is 5.88 Å². The molecule has 3 unspecified atom stereocenters. The second-order valence-electron chi connectivity index (χ2n) is 6.22. The molecule has 1 aromatic rings. The Morgan fingerprint density at radius 3 is 2.95 bits per heavy atom. The van der Waals surface area contributed by atoms with Crippen molar-refractivity contribution in [3.8, 4) is 11.9 Å². The number of fused-ring (bicyclic) bond motifs is 1. The van der Waals surface area contributed by atoms with Crippen LogP contribution >= 0.6 is 11.8 Å². The molecule has 3 aliphatic rings. The number of hydrogen-bond acceptors (Lipinski definition) is 6. The van der Waals surface area contributed by atoms with E-state index < -0.39 is 0 Å². The van der Waals surface area contributed by atoms with Crippen LogP contribution in [0.4, 0.5) is 0 Å². The van der Waals surface area contributed by atoms with E-state index in [0.29, 0.717) is 28.7 Å². The first-order valence-electron chi connectivity index (χ1n) is 7.89. The normalized spacial score (nSPS) is 30.4. The molecule has 22 heavy (non-hydrogen) atoms. The highest BCUT2D eigenvalue weighted by Gasteiger charge is 2.40. The zero-order valence-electron chi connectivity index (χ0n) is 12.5. The van der Waals surface area contributed by atoms with Gasteiger partial charge in [0.1, 0.15) is 23.6 Å². The number of rotatable bonds is 3. The van der Waals surface area contributed by atoms with E-state index in [-0.39, 0.29) is 6.10 Å². The number of hydrogen-bond donors (Lipinski definition) is 0. The monoisotopic (exact) mass is 314 g/mol. The molecule has 6 heteroatoms. The predicted octanol–water partition coefficient (Wildman–Crippen LogP) is 3.06. The van der Waals surface area contributed by atoms with E-state index in [4.69, 9.17) is 9.73 Å². The molecular weight excluding hydrogens is 296 g/mol. The van der Waals surface area contributed by atoms with Gasteiger partial charge in [-0.2, -0.15) is 10.2 Å². The lowest BCUT2D eigenvalue weighted by Crippen LogP contribution is -2.39. The van der Waals surface area contributed by atoms with Crippen LogP contribution in [0.3, 0.4) is 0 Å². The lowest BCUT2D eigenvalue weighted by atomic mass is 9.92. The molecule has 0 aromatic carbocycles. The summed E-state index contributed by atoms with van der Waals surface area (Å²) >= 11 is 1.81. The van der Waals surface area contributed by atoms with Crippen LogP contribution in [0.1, 0.15) is 56.3 Å². The second-order valence-corrected chi connectivity index (χ2v) is 7.59. The van der Waals surface area contributed by atoms with Gasteiger partial charge in [0.05, 0.1) is 22.5 Å². The quantitative estimate of drug-likeness (QED) is 0.857. The molecule has 0 radical (unpaired) electrons. The smallest absolute Gasteiger partial charge is 0.235 e. The number of ether oxygens (including phenoxy) is 1. The van der Waals surface area contributed by atoms with Crippen LogP contribution < -0.4 is 4.74 Å². The fraction of sp³-hybridized carbons (Fsp3) is 0.625. The fourth-order valence-corrected chi connectivity index (χ4v) is 4.50. The lowest BCUT2D eigenvalue weighted by molar-refractivity contribution is 0.146. The Labute approximate surface area is 134 Å². The van der Waals surface area contributed by atoms with Crippen molar-refractivity contribution in [2.24, 2.45) is 4.99 Å². The van der Waals surface area contributed by atoms with Crippen LogP contribution in [0.25, 0.3) is 0 Å². The molecule has 1 aliphatic heterocycles. The van der Waals surface area contributed by atoms with Gasteiger partial charge in [0.25, 0.3) is 0 Å². The Balaban J connectivity index is 1.57. The maximum atomic E-state index is 9.28. The molecule has 2 fully saturated rings. The Morgan fingerprint density at radius 2 is 2.18 bits per heavy atom. The summed E-state index contributed by atoms with van der Waals surface area (Å²) in [6.45, 7) is 2.07. The van der Waals surface area contributed by atoms with Gasteiger partial charge in [-0.15, -0.1) is 11.8 Å². The van der Waals surface area contributed by atoms with Crippen molar-refractivity contribution in [3.63, 3.8) is 0 Å². The average molecular weight is 314 g/mol. The van der Waals surface area contributed by atoms with Crippen LogP contribution in [0, 0.1) is 11.3 Å². The van der Waals surface area contributed by atoms with Crippen molar-refractivity contribution in [1.82, 2.24) is 9.97 Å². The highest BCUT2D eigenvalue weighted by atomic mass is 32.2. The first kappa shape index (κ1) is 14.0. The molecule has 3 atom stereocenters. The molecule has 114 valence electrons. The minimum Gasteiger partial charge on any atom is -0.472 e. The standard InChI is InChI=1S/C16H18N4OS/c1-9-19-12-3-2-4-13(14(12)22-9)21-16-11(7-17)8-18-15(20-16)10-5-6-10/h8,10,12-14H,2-6H2,1H3. The van der Waals surface area contributed by atoms with Crippen molar-refractivity contribution < 1.29 is 4.74 Å². The van der Waals surface area contributed by atoms with Crippen molar-refractivity contribution in [2.75, 3.05) is 0 Å². The predicted molar refractivity (Wildman–Crippen MR) is 85.3 cm³/mol. The number of aliphatic imine (C=N–C) groups is 1. The summed E-state index contributed by atoms with van der Waals surface area (Å²) in [5.41, 5.74) is 0.437. The van der Waals surface area contributed by atoms with Crippen molar-refractivity contribution in [2.45, 2.75) is 62.3 Å². The maximum absolute atomic E-state index is 9.28. The molecule has 0 bridgehead atoms. The molecular formula is C16H18N4OS. The Kier molecular flexibility index (Phi) is 3.53. The molecule has 2 saturated carbocycles. The van der Waals surface area contributed by atoms with E-state index in [1.807, 2.05) is 11.8 Å². The SMILES string of the molecule is CC1=NC2CCCC(Oc3nc(C4CC4)ncc3C#N)C2S1. The first-order chi connectivity index (χ1) is 10.7. The maximum Gasteiger partial charge on any atom is 0.235 e. The Hall–Kier alpha value is -1.61. The third kappa shape index (κ3) is 2.58. The fourth-order valence-electron chi connectivity index (χ4n) is 3.21. The number of nitriles is 1. The summed E-state index contributed by atoms with van der Waals surface area (Å²) < 4.78 is 6.19. The molecule has 2 heterocycles. The van der Waals surface area contributed by atoms with Crippen molar-refractivity contribution in [3.05, 3.63) is 17.6 Å². The molecule has 4 rings (SSSR count). The van der Waals surface area contributed by atoms with E-state index in [9.17, 15) is 5.26 Å². The third-order valence-corrected chi connectivity index (χ3v) is 5.82. The largest absolute Gasteiger partial charge is 0.472 e. The van der Waals surface area contributed by atoms with Crippen LogP contribution in [-0.2, 0) is 0 Å². The zero-order valence-corrected chi connectivity index (χ0v) is 13.3. The second kappa shape index (κ2) is 5.54. The van der Waals surface area contributed by atoms with Crippen LogP contribution in [-0.4, -0.2) is 32.4 Å². The summed E-state index contributed by atoms with van der Waals surface area (Å²) in [6.07, 6.45) is 7.23. The summed E-state index contributed by atoms with van der Waals surface area (Å²) in [5.74, 6) is 1.75. The number of nitrogens with zero attached hydrogens (tertiary/aromatic N) is 4. The minimum atomic E-state index is 0.0824. The number of aromatic nitrogens is 2. The Morgan fingerprint density at radius 1 is 1.32 bits per heavy atom. The van der Waals surface area contributed by atoms with Gasteiger partial charge >= 0.3 is 0 Å². The van der Waals surface area contributed by atoms with Gasteiger partial charge in [0, 0.05) is 5.92 Å². The van der Waals surface area contributed by atoms with Crippen LogP contribution in [0.15, 0.2) is 11.2 Å². The molecule has 0 saturated heterocycles. The van der Waals surface area contributed by atoms with Gasteiger partial charge in [-0.25, -0.2) is 4.98 Å². The highest BCUT2D eigenvalue weighted by Crippen LogP contribution is 2.41. The molecule has 1 aromatic heterocycles. The van der Waals surface area contributed by atoms with Gasteiger partial charge in [-0.3, -0.25) is 4.99 Å². The van der Waals surface area contributed by atoms with Gasteiger partial charge in [0.2, 0.25) is 5.88 Å². The van der Waals surface area contributed by atoms with Crippen LogP contribution in [0.2, 0.25) is 0 Å². The van der Waals surface area contributed by atoms with Crippen molar-refractivity contribution >= 4 is 16.8 Å². The average Bonchev–Trinajstić information content (AvgIpc) is 3.29. The summed E-state index contributed by atoms with van der Waals surface area (Å²) in [5, 5.41) is 10.8. The van der Waals surface area contributed by atoms with E-state index in [2.05, 4.69) is 23.0 Å². The summed E-state index contributed by atoms with van der Waals surface area (Å²) in [4.78, 5) is 13.5.